The van der Waals surface area contributed by atoms with Gasteiger partial charge in [-0.25, -0.2) is 4.39 Å². The molecule has 1 aromatic carbocycles. The van der Waals surface area contributed by atoms with Gasteiger partial charge < -0.3 is 10.6 Å². The molecule has 3 nitrogen and oxygen atoms in total. The third kappa shape index (κ3) is 2.75. The van der Waals surface area contributed by atoms with Crippen LogP contribution in [0.15, 0.2) is 12.1 Å². The van der Waals surface area contributed by atoms with Gasteiger partial charge in [0, 0.05) is 18.8 Å². The molecule has 0 aliphatic rings. The molecular weight excluding hydrogens is 219 g/mol. The number of carbonyl (C=O) groups is 1. The van der Waals surface area contributed by atoms with Crippen molar-refractivity contribution in [3.05, 3.63) is 29.1 Å². The smallest absolute Gasteiger partial charge is 0.256 e. The lowest BCUT2D eigenvalue weighted by Crippen LogP contribution is -2.35. The molecule has 0 saturated heterocycles. The van der Waals surface area contributed by atoms with Crippen LogP contribution in [0.1, 0.15) is 36.2 Å². The Labute approximate surface area is 101 Å². The van der Waals surface area contributed by atoms with Gasteiger partial charge in [-0.2, -0.15) is 0 Å². The highest BCUT2D eigenvalue weighted by Crippen LogP contribution is 2.19. The average Bonchev–Trinajstić information content (AvgIpc) is 2.30. The minimum atomic E-state index is -0.487. The fourth-order valence-electron chi connectivity index (χ4n) is 1.62. The van der Waals surface area contributed by atoms with Crippen LogP contribution in [-0.4, -0.2) is 23.9 Å². The van der Waals surface area contributed by atoms with Gasteiger partial charge in [0.25, 0.3) is 5.91 Å². The summed E-state index contributed by atoms with van der Waals surface area (Å²) in [7, 11) is 1.68. The van der Waals surface area contributed by atoms with E-state index in [4.69, 9.17) is 5.73 Å². The molecule has 1 aromatic rings. The molecule has 2 N–H and O–H groups in total. The molecule has 1 amide bonds. The summed E-state index contributed by atoms with van der Waals surface area (Å²) in [4.78, 5) is 13.6. The Morgan fingerprint density at radius 1 is 1.53 bits per heavy atom. The van der Waals surface area contributed by atoms with Crippen LogP contribution in [-0.2, 0) is 0 Å². The lowest BCUT2D eigenvalue weighted by atomic mass is 10.1. The standard InChI is InChI=1S/C13H19FN2O/c1-5-9(3)16(4)13(17)11-7-10(15)6-8(2)12(11)14/h6-7,9H,5,15H2,1-4H3. The fourth-order valence-corrected chi connectivity index (χ4v) is 1.62. The van der Waals surface area contributed by atoms with Gasteiger partial charge in [-0.3, -0.25) is 4.79 Å². The van der Waals surface area contributed by atoms with Gasteiger partial charge in [0.05, 0.1) is 5.56 Å². The summed E-state index contributed by atoms with van der Waals surface area (Å²) in [5.41, 5.74) is 6.49. The summed E-state index contributed by atoms with van der Waals surface area (Å²) >= 11 is 0. The summed E-state index contributed by atoms with van der Waals surface area (Å²) < 4.78 is 13.9. The van der Waals surface area contributed by atoms with Crippen molar-refractivity contribution in [1.82, 2.24) is 4.90 Å². The Hall–Kier alpha value is -1.58. The number of halogens is 1. The average molecular weight is 238 g/mol. The molecule has 0 aliphatic heterocycles. The molecule has 0 aliphatic carbocycles. The highest BCUT2D eigenvalue weighted by Gasteiger charge is 2.20. The number of anilines is 1. The van der Waals surface area contributed by atoms with Gasteiger partial charge >= 0.3 is 0 Å². The Kier molecular flexibility index (Phi) is 4.10. The SMILES string of the molecule is CCC(C)N(C)C(=O)c1cc(N)cc(C)c1F. The van der Waals surface area contributed by atoms with E-state index in [1.54, 1.807) is 14.0 Å². The summed E-state index contributed by atoms with van der Waals surface area (Å²) in [6.07, 6.45) is 0.825. The fraction of sp³-hybridized carbons (Fsp3) is 0.462. The van der Waals surface area contributed by atoms with E-state index in [1.807, 2.05) is 13.8 Å². The van der Waals surface area contributed by atoms with Gasteiger partial charge in [0.1, 0.15) is 5.82 Å². The molecule has 0 aromatic heterocycles. The third-order valence-electron chi connectivity index (χ3n) is 3.08. The van der Waals surface area contributed by atoms with Gasteiger partial charge in [-0.05, 0) is 38.0 Å². The van der Waals surface area contributed by atoms with Crippen LogP contribution in [0, 0.1) is 12.7 Å². The molecule has 0 saturated carbocycles. The van der Waals surface area contributed by atoms with Crippen molar-refractivity contribution < 1.29 is 9.18 Å². The van der Waals surface area contributed by atoms with Crippen LogP contribution >= 0.6 is 0 Å². The molecule has 17 heavy (non-hydrogen) atoms. The van der Waals surface area contributed by atoms with Gasteiger partial charge in [-0.15, -0.1) is 0 Å². The highest BCUT2D eigenvalue weighted by molar-refractivity contribution is 5.95. The molecule has 0 fully saturated rings. The number of carbonyl (C=O) groups excluding carboxylic acids is 1. The Morgan fingerprint density at radius 2 is 2.12 bits per heavy atom. The lowest BCUT2D eigenvalue weighted by molar-refractivity contribution is 0.0735. The van der Waals surface area contributed by atoms with E-state index in [0.29, 0.717) is 11.3 Å². The molecule has 0 heterocycles. The molecule has 0 spiro atoms. The maximum atomic E-state index is 13.9. The predicted molar refractivity (Wildman–Crippen MR) is 67.4 cm³/mol. The molecular formula is C13H19FN2O. The molecule has 94 valence electrons. The lowest BCUT2D eigenvalue weighted by Gasteiger charge is -2.24. The predicted octanol–water partition coefficient (Wildman–Crippen LogP) is 2.59. The maximum absolute atomic E-state index is 13.9. The third-order valence-corrected chi connectivity index (χ3v) is 3.08. The second-order valence-electron chi connectivity index (χ2n) is 4.37. The second kappa shape index (κ2) is 5.17. The van der Waals surface area contributed by atoms with E-state index in [2.05, 4.69) is 0 Å². The van der Waals surface area contributed by atoms with E-state index in [1.165, 1.54) is 17.0 Å². The zero-order valence-electron chi connectivity index (χ0n) is 10.7. The van der Waals surface area contributed by atoms with Crippen LogP contribution in [0.2, 0.25) is 0 Å². The van der Waals surface area contributed by atoms with Gasteiger partial charge in [-0.1, -0.05) is 6.92 Å². The van der Waals surface area contributed by atoms with Crippen LogP contribution in [0.5, 0.6) is 0 Å². The topological polar surface area (TPSA) is 46.3 Å². The summed E-state index contributed by atoms with van der Waals surface area (Å²) in [5.74, 6) is -0.813. The number of hydrogen-bond donors (Lipinski definition) is 1. The highest BCUT2D eigenvalue weighted by atomic mass is 19.1. The maximum Gasteiger partial charge on any atom is 0.256 e. The summed E-state index contributed by atoms with van der Waals surface area (Å²) in [6.45, 7) is 5.51. The summed E-state index contributed by atoms with van der Waals surface area (Å²) in [6, 6.07) is 2.99. The van der Waals surface area contributed by atoms with Crippen LogP contribution in [0.25, 0.3) is 0 Å². The zero-order chi connectivity index (χ0) is 13.2. The van der Waals surface area contributed by atoms with Gasteiger partial charge in [0.15, 0.2) is 0 Å². The van der Waals surface area contributed by atoms with E-state index in [-0.39, 0.29) is 17.5 Å². The Morgan fingerprint density at radius 3 is 2.65 bits per heavy atom. The minimum absolute atomic E-state index is 0.0466. The first kappa shape index (κ1) is 13.5. The number of rotatable bonds is 3. The van der Waals surface area contributed by atoms with E-state index < -0.39 is 5.82 Å². The number of nitrogens with zero attached hydrogens (tertiary/aromatic N) is 1. The molecule has 0 radical (unpaired) electrons. The minimum Gasteiger partial charge on any atom is -0.399 e. The number of nitrogens with two attached hydrogens (primary N) is 1. The van der Waals surface area contributed by atoms with E-state index in [0.717, 1.165) is 6.42 Å². The van der Waals surface area contributed by atoms with Crippen molar-refractivity contribution in [3.8, 4) is 0 Å². The quantitative estimate of drug-likeness (QED) is 0.823. The molecule has 1 unspecified atom stereocenters. The van der Waals surface area contributed by atoms with Crippen molar-refractivity contribution in [1.29, 1.82) is 0 Å². The number of benzene rings is 1. The van der Waals surface area contributed by atoms with Crippen LogP contribution < -0.4 is 5.73 Å². The van der Waals surface area contributed by atoms with Crippen LogP contribution in [0.4, 0.5) is 10.1 Å². The second-order valence-corrected chi connectivity index (χ2v) is 4.37. The first-order valence-corrected chi connectivity index (χ1v) is 5.71. The first-order valence-electron chi connectivity index (χ1n) is 5.71. The normalized spacial score (nSPS) is 12.3. The van der Waals surface area contributed by atoms with E-state index in [9.17, 15) is 9.18 Å². The largest absolute Gasteiger partial charge is 0.399 e. The van der Waals surface area contributed by atoms with Crippen molar-refractivity contribution in [2.45, 2.75) is 33.2 Å². The molecule has 4 heteroatoms. The van der Waals surface area contributed by atoms with Crippen molar-refractivity contribution in [2.24, 2.45) is 0 Å². The first-order chi connectivity index (χ1) is 7.88. The van der Waals surface area contributed by atoms with Crippen molar-refractivity contribution >= 4 is 11.6 Å². The van der Waals surface area contributed by atoms with E-state index >= 15 is 0 Å². The number of hydrogen-bond acceptors (Lipinski definition) is 2. The van der Waals surface area contributed by atoms with Crippen molar-refractivity contribution in [2.75, 3.05) is 12.8 Å². The van der Waals surface area contributed by atoms with Gasteiger partial charge in [0.2, 0.25) is 0 Å². The molecule has 1 rings (SSSR count). The number of nitrogen functional groups attached to an aromatic ring is 1. The molecule has 1 atom stereocenters. The number of aryl methyl sites for hydroxylation is 1. The monoisotopic (exact) mass is 238 g/mol. The molecule has 0 bridgehead atoms. The zero-order valence-corrected chi connectivity index (χ0v) is 10.7. The summed E-state index contributed by atoms with van der Waals surface area (Å²) in [5, 5.41) is 0. The Balaban J connectivity index is 3.12. The van der Waals surface area contributed by atoms with Crippen LogP contribution in [0.3, 0.4) is 0 Å². The Bertz CT molecular complexity index is 432. The van der Waals surface area contributed by atoms with Crippen molar-refractivity contribution in [3.63, 3.8) is 0 Å². The number of amides is 1.